The molecule has 2 aromatic heterocycles. The average molecular weight is 436 g/mol. The van der Waals surface area contributed by atoms with Crippen LogP contribution in [-0.2, 0) is 6.54 Å². The zero-order valence-electron chi connectivity index (χ0n) is 16.0. The summed E-state index contributed by atoms with van der Waals surface area (Å²) < 4.78 is 43.9. The number of thiophene rings is 1. The third-order valence-corrected chi connectivity index (χ3v) is 6.28. The first kappa shape index (κ1) is 19.4. The van der Waals surface area contributed by atoms with Crippen molar-refractivity contribution < 1.29 is 18.0 Å². The SMILES string of the molecule is NC(=O)c1cccc2c1c1ccc(-c3cccs3)cc1n2Cc1cc(F)cc(F)c1F. The number of amides is 1. The Morgan fingerprint density at radius 2 is 1.81 bits per heavy atom. The number of nitrogens with two attached hydrogens (primary N) is 1. The van der Waals surface area contributed by atoms with Crippen molar-refractivity contribution in [2.24, 2.45) is 5.73 Å². The molecule has 3 nitrogen and oxygen atoms in total. The minimum Gasteiger partial charge on any atom is -0.366 e. The quantitative estimate of drug-likeness (QED) is 0.341. The average Bonchev–Trinajstić information content (AvgIpc) is 3.38. The maximum Gasteiger partial charge on any atom is 0.249 e. The summed E-state index contributed by atoms with van der Waals surface area (Å²) in [4.78, 5) is 13.1. The van der Waals surface area contributed by atoms with E-state index in [2.05, 4.69) is 0 Å². The summed E-state index contributed by atoms with van der Waals surface area (Å²) in [5.74, 6) is -3.79. The molecular formula is C24H15F3N2OS. The van der Waals surface area contributed by atoms with Crippen LogP contribution >= 0.6 is 11.3 Å². The van der Waals surface area contributed by atoms with Crippen LogP contribution in [0.1, 0.15) is 15.9 Å². The molecule has 0 aliphatic rings. The fourth-order valence-corrected chi connectivity index (χ4v) is 4.73. The monoisotopic (exact) mass is 436 g/mol. The maximum absolute atomic E-state index is 14.5. The lowest BCUT2D eigenvalue weighted by atomic mass is 10.0. The molecule has 0 bridgehead atoms. The van der Waals surface area contributed by atoms with Gasteiger partial charge in [0.2, 0.25) is 5.91 Å². The number of hydrogen-bond donors (Lipinski definition) is 1. The minimum atomic E-state index is -1.24. The van der Waals surface area contributed by atoms with Crippen molar-refractivity contribution in [2.45, 2.75) is 6.54 Å². The third kappa shape index (κ3) is 3.18. The van der Waals surface area contributed by atoms with Gasteiger partial charge in [-0.15, -0.1) is 11.3 Å². The summed E-state index contributed by atoms with van der Waals surface area (Å²) in [5, 5.41) is 3.34. The first-order chi connectivity index (χ1) is 14.9. The maximum atomic E-state index is 14.5. The molecule has 0 fully saturated rings. The molecular weight excluding hydrogens is 421 g/mol. The van der Waals surface area contributed by atoms with Crippen LogP contribution in [0.25, 0.3) is 32.2 Å². The second kappa shape index (κ2) is 7.28. The van der Waals surface area contributed by atoms with Crippen LogP contribution in [0.4, 0.5) is 13.2 Å². The Kier molecular flexibility index (Phi) is 4.55. The van der Waals surface area contributed by atoms with Gasteiger partial charge in [0, 0.05) is 32.8 Å². The van der Waals surface area contributed by atoms with Crippen molar-refractivity contribution in [3.8, 4) is 10.4 Å². The predicted octanol–water partition coefficient (Wildman–Crippen LogP) is 6.09. The van der Waals surface area contributed by atoms with Crippen LogP contribution < -0.4 is 5.73 Å². The standard InChI is InChI=1S/C24H15F3N2OS/c25-15-9-14(23(27)18(26)11-15)12-29-19-4-1-3-17(24(28)30)22(19)16-7-6-13(10-20(16)29)21-5-2-8-31-21/h1-11H,12H2,(H2,28,30). The fraction of sp³-hybridized carbons (Fsp3) is 0.0417. The van der Waals surface area contributed by atoms with Gasteiger partial charge in [0.1, 0.15) is 5.82 Å². The number of rotatable bonds is 4. The summed E-state index contributed by atoms with van der Waals surface area (Å²) in [6, 6.07) is 16.3. The highest BCUT2D eigenvalue weighted by Gasteiger charge is 2.19. The van der Waals surface area contributed by atoms with Gasteiger partial charge < -0.3 is 10.3 Å². The Morgan fingerprint density at radius 3 is 2.55 bits per heavy atom. The van der Waals surface area contributed by atoms with Gasteiger partial charge in [0.05, 0.1) is 17.6 Å². The van der Waals surface area contributed by atoms with Crippen LogP contribution in [0.5, 0.6) is 0 Å². The summed E-state index contributed by atoms with van der Waals surface area (Å²) in [6.45, 7) is -0.114. The molecule has 0 spiro atoms. The fourth-order valence-electron chi connectivity index (χ4n) is 4.01. The Labute approximate surface area is 179 Å². The van der Waals surface area contributed by atoms with Crippen LogP contribution in [0.3, 0.4) is 0 Å². The Balaban J connectivity index is 1.83. The van der Waals surface area contributed by atoms with Gasteiger partial charge in [-0.2, -0.15) is 0 Å². The van der Waals surface area contributed by atoms with E-state index in [4.69, 9.17) is 5.73 Å². The molecule has 154 valence electrons. The van der Waals surface area contributed by atoms with E-state index in [0.29, 0.717) is 28.0 Å². The topological polar surface area (TPSA) is 48.0 Å². The zero-order valence-corrected chi connectivity index (χ0v) is 16.8. The smallest absolute Gasteiger partial charge is 0.249 e. The third-order valence-electron chi connectivity index (χ3n) is 5.36. The number of carbonyl (C=O) groups is 1. The van der Waals surface area contributed by atoms with E-state index in [-0.39, 0.29) is 12.1 Å². The predicted molar refractivity (Wildman–Crippen MR) is 117 cm³/mol. The van der Waals surface area contributed by atoms with Crippen molar-refractivity contribution >= 4 is 39.0 Å². The number of halogens is 3. The van der Waals surface area contributed by atoms with Crippen LogP contribution in [0, 0.1) is 17.5 Å². The Bertz CT molecular complexity index is 1470. The highest BCUT2D eigenvalue weighted by molar-refractivity contribution is 7.13. The summed E-state index contributed by atoms with van der Waals surface area (Å²) in [5.41, 5.74) is 8.08. The molecule has 2 N–H and O–H groups in total. The van der Waals surface area contributed by atoms with E-state index in [1.165, 1.54) is 0 Å². The van der Waals surface area contributed by atoms with Crippen LogP contribution in [0.15, 0.2) is 66.0 Å². The first-order valence-corrected chi connectivity index (χ1v) is 10.3. The van der Waals surface area contributed by atoms with Gasteiger partial charge in [-0.1, -0.05) is 24.3 Å². The van der Waals surface area contributed by atoms with Gasteiger partial charge in [0.15, 0.2) is 11.6 Å². The van der Waals surface area contributed by atoms with Crippen LogP contribution in [0.2, 0.25) is 0 Å². The minimum absolute atomic E-state index is 0.114. The van der Waals surface area contributed by atoms with Crippen molar-refractivity contribution in [1.82, 2.24) is 4.57 Å². The molecule has 0 aliphatic heterocycles. The summed E-state index contributed by atoms with van der Waals surface area (Å²) in [6.07, 6.45) is 0. The molecule has 0 aliphatic carbocycles. The van der Waals surface area contributed by atoms with E-state index in [9.17, 15) is 18.0 Å². The highest BCUT2D eigenvalue weighted by atomic mass is 32.1. The number of carbonyl (C=O) groups excluding carboxylic acids is 1. The Morgan fingerprint density at radius 1 is 0.968 bits per heavy atom. The molecule has 7 heteroatoms. The number of aromatic nitrogens is 1. The summed E-state index contributed by atoms with van der Waals surface area (Å²) >= 11 is 1.57. The number of fused-ring (bicyclic) bond motifs is 3. The van der Waals surface area contributed by atoms with Gasteiger partial charge in [-0.05, 0) is 41.3 Å². The van der Waals surface area contributed by atoms with Crippen molar-refractivity contribution in [3.05, 3.63) is 94.6 Å². The first-order valence-electron chi connectivity index (χ1n) is 9.46. The van der Waals surface area contributed by atoms with Crippen LogP contribution in [-0.4, -0.2) is 10.5 Å². The number of primary amides is 1. The van der Waals surface area contributed by atoms with E-state index in [1.807, 2.05) is 35.7 Å². The molecule has 0 saturated heterocycles. The molecule has 31 heavy (non-hydrogen) atoms. The van der Waals surface area contributed by atoms with Gasteiger partial charge in [0.25, 0.3) is 0 Å². The number of hydrogen-bond acceptors (Lipinski definition) is 2. The molecule has 2 heterocycles. The van der Waals surface area contributed by atoms with Gasteiger partial charge >= 0.3 is 0 Å². The number of benzene rings is 3. The molecule has 3 aromatic carbocycles. The molecule has 5 aromatic rings. The molecule has 0 atom stereocenters. The highest BCUT2D eigenvalue weighted by Crippen LogP contribution is 2.36. The summed E-state index contributed by atoms with van der Waals surface area (Å²) in [7, 11) is 0. The van der Waals surface area contributed by atoms with Gasteiger partial charge in [-0.3, -0.25) is 4.79 Å². The molecule has 0 saturated carbocycles. The Hall–Kier alpha value is -3.58. The second-order valence-corrected chi connectivity index (χ2v) is 8.17. The van der Waals surface area contributed by atoms with Crippen molar-refractivity contribution in [1.29, 1.82) is 0 Å². The molecule has 0 radical (unpaired) electrons. The van der Waals surface area contributed by atoms with Gasteiger partial charge in [-0.25, -0.2) is 13.2 Å². The van der Waals surface area contributed by atoms with Crippen molar-refractivity contribution in [2.75, 3.05) is 0 Å². The lowest BCUT2D eigenvalue weighted by Crippen LogP contribution is -2.11. The van der Waals surface area contributed by atoms with E-state index in [0.717, 1.165) is 21.9 Å². The molecule has 5 rings (SSSR count). The zero-order chi connectivity index (χ0) is 21.7. The molecule has 0 unspecified atom stereocenters. The van der Waals surface area contributed by atoms with E-state index >= 15 is 0 Å². The lowest BCUT2D eigenvalue weighted by Gasteiger charge is -2.10. The lowest BCUT2D eigenvalue weighted by molar-refractivity contribution is 0.100. The molecule has 1 amide bonds. The normalized spacial score (nSPS) is 11.5. The largest absolute Gasteiger partial charge is 0.366 e. The van der Waals surface area contributed by atoms with E-state index in [1.54, 1.807) is 34.1 Å². The number of nitrogens with zero attached hydrogens (tertiary/aromatic N) is 1. The second-order valence-electron chi connectivity index (χ2n) is 7.22. The van der Waals surface area contributed by atoms with E-state index < -0.39 is 23.4 Å². The van der Waals surface area contributed by atoms with Crippen molar-refractivity contribution in [3.63, 3.8) is 0 Å².